The summed E-state index contributed by atoms with van der Waals surface area (Å²) in [5.74, 6) is 0.886. The SMILES string of the molecule is CCC(C)NC(=O)CSc1nc(N)c2c3c(sc2n1)CCCC3. The van der Waals surface area contributed by atoms with Crippen molar-refractivity contribution in [3.05, 3.63) is 10.4 Å². The first-order valence-electron chi connectivity index (χ1n) is 8.08. The molecule has 2 aromatic rings. The van der Waals surface area contributed by atoms with Gasteiger partial charge in [-0.15, -0.1) is 11.3 Å². The number of anilines is 1. The lowest BCUT2D eigenvalue weighted by atomic mass is 9.97. The van der Waals surface area contributed by atoms with E-state index in [2.05, 4.69) is 15.3 Å². The highest BCUT2D eigenvalue weighted by atomic mass is 32.2. The van der Waals surface area contributed by atoms with Crippen LogP contribution in [0, 0.1) is 0 Å². The van der Waals surface area contributed by atoms with Gasteiger partial charge < -0.3 is 11.1 Å². The van der Waals surface area contributed by atoms with Gasteiger partial charge in [0.1, 0.15) is 10.6 Å². The third-order valence-corrected chi connectivity index (χ3v) is 6.21. The molecular weight excluding hydrogens is 328 g/mol. The standard InChI is InChI=1S/C16H22N4OS2/c1-3-9(2)18-12(21)8-22-16-19-14(17)13-10-6-4-5-7-11(10)23-15(13)20-16/h9H,3-8H2,1-2H3,(H,18,21)(H2,17,19,20). The predicted molar refractivity (Wildman–Crippen MR) is 97.1 cm³/mol. The molecule has 0 radical (unpaired) electrons. The van der Waals surface area contributed by atoms with Gasteiger partial charge in [-0.1, -0.05) is 18.7 Å². The van der Waals surface area contributed by atoms with Crippen LogP contribution in [-0.4, -0.2) is 27.7 Å². The second-order valence-corrected chi connectivity index (χ2v) is 7.97. The summed E-state index contributed by atoms with van der Waals surface area (Å²) in [6, 6.07) is 0.195. The normalized spacial score (nSPS) is 15.4. The van der Waals surface area contributed by atoms with E-state index in [0.29, 0.717) is 16.7 Å². The molecule has 1 unspecified atom stereocenters. The van der Waals surface area contributed by atoms with Crippen LogP contribution in [0.5, 0.6) is 0 Å². The first-order valence-corrected chi connectivity index (χ1v) is 9.88. The van der Waals surface area contributed by atoms with Crippen LogP contribution in [0.25, 0.3) is 10.2 Å². The lowest BCUT2D eigenvalue weighted by Gasteiger charge is -2.11. The largest absolute Gasteiger partial charge is 0.383 e. The number of rotatable bonds is 5. The minimum Gasteiger partial charge on any atom is -0.383 e. The smallest absolute Gasteiger partial charge is 0.230 e. The van der Waals surface area contributed by atoms with Gasteiger partial charge in [0, 0.05) is 10.9 Å². The molecule has 0 aliphatic heterocycles. The Morgan fingerprint density at radius 2 is 2.17 bits per heavy atom. The van der Waals surface area contributed by atoms with Gasteiger partial charge in [0.05, 0.1) is 11.1 Å². The van der Waals surface area contributed by atoms with Crippen molar-refractivity contribution in [2.45, 2.75) is 57.1 Å². The molecule has 3 N–H and O–H groups in total. The van der Waals surface area contributed by atoms with Gasteiger partial charge >= 0.3 is 0 Å². The van der Waals surface area contributed by atoms with Crippen molar-refractivity contribution in [2.24, 2.45) is 0 Å². The zero-order chi connectivity index (χ0) is 16.4. The monoisotopic (exact) mass is 350 g/mol. The topological polar surface area (TPSA) is 80.9 Å². The Morgan fingerprint density at radius 3 is 2.96 bits per heavy atom. The van der Waals surface area contributed by atoms with Crippen LogP contribution < -0.4 is 11.1 Å². The number of thiophene rings is 1. The number of nitrogens with one attached hydrogen (secondary N) is 1. The third kappa shape index (κ3) is 3.61. The summed E-state index contributed by atoms with van der Waals surface area (Å²) >= 11 is 3.08. The first-order chi connectivity index (χ1) is 11.1. The van der Waals surface area contributed by atoms with Crippen molar-refractivity contribution < 1.29 is 4.79 Å². The van der Waals surface area contributed by atoms with Crippen LogP contribution >= 0.6 is 23.1 Å². The summed E-state index contributed by atoms with van der Waals surface area (Å²) in [6.45, 7) is 4.05. The van der Waals surface area contributed by atoms with Crippen LogP contribution in [0.4, 0.5) is 5.82 Å². The number of nitrogen functional groups attached to an aromatic ring is 1. The maximum atomic E-state index is 11.9. The second kappa shape index (κ2) is 7.05. The van der Waals surface area contributed by atoms with Crippen LogP contribution in [-0.2, 0) is 17.6 Å². The van der Waals surface area contributed by atoms with Gasteiger partial charge in [0.2, 0.25) is 5.91 Å². The maximum Gasteiger partial charge on any atom is 0.230 e. The molecule has 0 spiro atoms. The number of amides is 1. The summed E-state index contributed by atoms with van der Waals surface area (Å²) < 4.78 is 0. The summed E-state index contributed by atoms with van der Waals surface area (Å²) in [7, 11) is 0. The molecule has 2 heterocycles. The van der Waals surface area contributed by atoms with Gasteiger partial charge in [-0.2, -0.15) is 0 Å². The van der Waals surface area contributed by atoms with Crippen molar-refractivity contribution >= 4 is 45.0 Å². The molecule has 0 saturated carbocycles. The molecule has 23 heavy (non-hydrogen) atoms. The highest BCUT2D eigenvalue weighted by molar-refractivity contribution is 7.99. The van der Waals surface area contributed by atoms with E-state index in [1.165, 1.54) is 35.0 Å². The fraction of sp³-hybridized carbons (Fsp3) is 0.562. The van der Waals surface area contributed by atoms with Crippen LogP contribution in [0.15, 0.2) is 5.16 Å². The number of hydrogen-bond acceptors (Lipinski definition) is 6. The zero-order valence-electron chi connectivity index (χ0n) is 13.5. The lowest BCUT2D eigenvalue weighted by molar-refractivity contribution is -0.119. The fourth-order valence-electron chi connectivity index (χ4n) is 2.78. The molecule has 7 heteroatoms. The van der Waals surface area contributed by atoms with Crippen LogP contribution in [0.1, 0.15) is 43.6 Å². The van der Waals surface area contributed by atoms with E-state index in [9.17, 15) is 4.79 Å². The number of nitrogens with two attached hydrogens (primary N) is 1. The molecule has 3 rings (SSSR count). The molecule has 1 amide bonds. The second-order valence-electron chi connectivity index (χ2n) is 5.95. The number of aryl methyl sites for hydroxylation is 2. The van der Waals surface area contributed by atoms with E-state index in [0.717, 1.165) is 29.5 Å². The number of nitrogens with zero attached hydrogens (tertiary/aromatic N) is 2. The zero-order valence-corrected chi connectivity index (χ0v) is 15.1. The van der Waals surface area contributed by atoms with Gasteiger partial charge in [0.25, 0.3) is 0 Å². The summed E-state index contributed by atoms with van der Waals surface area (Å²) in [5.41, 5.74) is 7.52. The van der Waals surface area contributed by atoms with Crippen LogP contribution in [0.3, 0.4) is 0 Å². The van der Waals surface area contributed by atoms with Gasteiger partial charge in [-0.25, -0.2) is 9.97 Å². The van der Waals surface area contributed by atoms with Crippen molar-refractivity contribution in [3.63, 3.8) is 0 Å². The Hall–Kier alpha value is -1.34. The maximum absolute atomic E-state index is 11.9. The Morgan fingerprint density at radius 1 is 1.39 bits per heavy atom. The third-order valence-electron chi connectivity index (χ3n) is 4.17. The molecule has 1 aliphatic carbocycles. The van der Waals surface area contributed by atoms with E-state index in [1.54, 1.807) is 11.3 Å². The van der Waals surface area contributed by atoms with E-state index in [1.807, 2.05) is 13.8 Å². The van der Waals surface area contributed by atoms with Gasteiger partial charge in [0.15, 0.2) is 5.16 Å². The minimum absolute atomic E-state index is 0.0112. The molecule has 5 nitrogen and oxygen atoms in total. The van der Waals surface area contributed by atoms with E-state index in [4.69, 9.17) is 5.73 Å². The molecule has 1 aliphatic rings. The highest BCUT2D eigenvalue weighted by Gasteiger charge is 2.20. The Balaban J connectivity index is 1.76. The highest BCUT2D eigenvalue weighted by Crippen LogP contribution is 2.38. The van der Waals surface area contributed by atoms with Crippen molar-refractivity contribution in [1.82, 2.24) is 15.3 Å². The Kier molecular flexibility index (Phi) is 5.06. The fourth-order valence-corrected chi connectivity index (χ4v) is 4.77. The average Bonchev–Trinajstić information content (AvgIpc) is 2.91. The average molecular weight is 351 g/mol. The summed E-state index contributed by atoms with van der Waals surface area (Å²) in [4.78, 5) is 23.3. The molecule has 1 atom stereocenters. The lowest BCUT2D eigenvalue weighted by Crippen LogP contribution is -2.33. The molecule has 2 aromatic heterocycles. The minimum atomic E-state index is 0.0112. The van der Waals surface area contributed by atoms with Crippen molar-refractivity contribution in [3.8, 4) is 0 Å². The van der Waals surface area contributed by atoms with Crippen molar-refractivity contribution in [1.29, 1.82) is 0 Å². The van der Waals surface area contributed by atoms with Crippen LogP contribution in [0.2, 0.25) is 0 Å². The number of carbonyl (C=O) groups is 1. The number of aromatic nitrogens is 2. The van der Waals surface area contributed by atoms with E-state index in [-0.39, 0.29) is 11.9 Å². The number of thioether (sulfide) groups is 1. The number of fused-ring (bicyclic) bond motifs is 3. The first kappa shape index (κ1) is 16.5. The number of hydrogen-bond donors (Lipinski definition) is 2. The van der Waals surface area contributed by atoms with Crippen molar-refractivity contribution in [2.75, 3.05) is 11.5 Å². The Bertz CT molecular complexity index is 728. The van der Waals surface area contributed by atoms with E-state index >= 15 is 0 Å². The van der Waals surface area contributed by atoms with Gasteiger partial charge in [-0.3, -0.25) is 4.79 Å². The predicted octanol–water partition coefficient (Wildman–Crippen LogP) is 3.16. The molecule has 0 aromatic carbocycles. The molecule has 0 saturated heterocycles. The molecular formula is C16H22N4OS2. The van der Waals surface area contributed by atoms with Gasteiger partial charge in [-0.05, 0) is 44.6 Å². The summed E-state index contributed by atoms with van der Waals surface area (Å²) in [6.07, 6.45) is 5.57. The molecule has 0 fully saturated rings. The molecule has 0 bridgehead atoms. The molecule has 124 valence electrons. The number of carbonyl (C=O) groups excluding carboxylic acids is 1. The Labute approximate surface area is 144 Å². The quantitative estimate of drug-likeness (QED) is 0.639. The summed E-state index contributed by atoms with van der Waals surface area (Å²) in [5, 5.41) is 4.58. The van der Waals surface area contributed by atoms with E-state index < -0.39 is 0 Å².